The molecular formula is C31H37N3O6. The number of aromatic nitrogens is 1. The fourth-order valence-corrected chi connectivity index (χ4v) is 4.26. The Kier molecular flexibility index (Phi) is 8.05. The zero-order valence-electron chi connectivity index (χ0n) is 24.1. The first-order valence-corrected chi connectivity index (χ1v) is 13.3. The highest BCUT2D eigenvalue weighted by Gasteiger charge is 2.34. The van der Waals surface area contributed by atoms with Crippen molar-refractivity contribution in [3.05, 3.63) is 65.9 Å². The number of ether oxygens (including phenoxy) is 3. The molecule has 0 bridgehead atoms. The molecule has 1 N–H and O–H groups in total. The van der Waals surface area contributed by atoms with Crippen LogP contribution < -0.4 is 10.2 Å². The third kappa shape index (κ3) is 7.08. The Morgan fingerprint density at radius 2 is 1.57 bits per heavy atom. The summed E-state index contributed by atoms with van der Waals surface area (Å²) in [5, 5.41) is 4.50. The van der Waals surface area contributed by atoms with E-state index in [4.69, 9.17) is 14.2 Å². The van der Waals surface area contributed by atoms with Crippen LogP contribution >= 0.6 is 0 Å². The van der Waals surface area contributed by atoms with Crippen molar-refractivity contribution in [3.63, 3.8) is 0 Å². The van der Waals surface area contributed by atoms with Crippen LogP contribution in [0.4, 0.5) is 21.1 Å². The second-order valence-corrected chi connectivity index (χ2v) is 11.9. The van der Waals surface area contributed by atoms with Gasteiger partial charge in [0.15, 0.2) is 11.9 Å². The van der Waals surface area contributed by atoms with Crippen molar-refractivity contribution in [2.75, 3.05) is 17.3 Å². The Morgan fingerprint density at radius 3 is 2.15 bits per heavy atom. The highest BCUT2D eigenvalue weighted by molar-refractivity contribution is 6.14. The molecule has 0 spiro atoms. The minimum Gasteiger partial charge on any atom is -0.467 e. The summed E-state index contributed by atoms with van der Waals surface area (Å²) >= 11 is 0. The Labute approximate surface area is 234 Å². The zero-order valence-corrected chi connectivity index (χ0v) is 24.1. The molecule has 2 amide bonds. The Morgan fingerprint density at radius 1 is 0.925 bits per heavy atom. The van der Waals surface area contributed by atoms with Crippen LogP contribution in [0.5, 0.6) is 0 Å². The van der Waals surface area contributed by atoms with E-state index in [0.717, 1.165) is 23.3 Å². The number of esters is 1. The molecule has 0 saturated heterocycles. The molecule has 9 nitrogen and oxygen atoms in total. The second kappa shape index (κ2) is 11.2. The molecule has 1 heterocycles. The summed E-state index contributed by atoms with van der Waals surface area (Å²) in [6.45, 7) is 10.3. The zero-order chi connectivity index (χ0) is 29.2. The van der Waals surface area contributed by atoms with Crippen LogP contribution in [0.25, 0.3) is 10.8 Å². The summed E-state index contributed by atoms with van der Waals surface area (Å²) in [7, 11) is 1.36. The van der Waals surface area contributed by atoms with E-state index in [-0.39, 0.29) is 5.82 Å². The van der Waals surface area contributed by atoms with Crippen LogP contribution in [0, 0.1) is 0 Å². The van der Waals surface area contributed by atoms with Gasteiger partial charge in [0.1, 0.15) is 11.2 Å². The van der Waals surface area contributed by atoms with Crippen molar-refractivity contribution in [2.45, 2.75) is 77.5 Å². The standard InChI is InChI=1S/C31H37N3O6/c1-30(2,3)39-28(36)34(29(37)40-31(4,5)6)26-24-14-13-23(18-21(24)15-16-32-26)33-25(27(35)38-7)22-10-8-9-20(17-22)19-11-12-19/h8-10,13-19,25,33H,11-12H2,1-7H3. The number of benzene rings is 2. The number of carbonyl (C=O) groups excluding carboxylic acids is 3. The molecule has 1 aliphatic carbocycles. The highest BCUT2D eigenvalue weighted by atomic mass is 16.6. The predicted molar refractivity (Wildman–Crippen MR) is 153 cm³/mol. The summed E-state index contributed by atoms with van der Waals surface area (Å²) in [6.07, 6.45) is 2.02. The first kappa shape index (κ1) is 28.9. The van der Waals surface area contributed by atoms with Gasteiger partial charge in [-0.15, -0.1) is 0 Å². The van der Waals surface area contributed by atoms with E-state index in [1.165, 1.54) is 18.9 Å². The molecule has 1 atom stereocenters. The van der Waals surface area contributed by atoms with Gasteiger partial charge in [-0.25, -0.2) is 19.4 Å². The van der Waals surface area contributed by atoms with E-state index < -0.39 is 35.4 Å². The molecule has 3 aromatic rings. The first-order valence-electron chi connectivity index (χ1n) is 13.3. The number of hydrogen-bond acceptors (Lipinski definition) is 8. The maximum absolute atomic E-state index is 13.2. The maximum Gasteiger partial charge on any atom is 0.425 e. The van der Waals surface area contributed by atoms with Crippen LogP contribution in [-0.4, -0.2) is 41.5 Å². The number of nitrogens with one attached hydrogen (secondary N) is 1. The minimum atomic E-state index is -0.898. The van der Waals surface area contributed by atoms with Gasteiger partial charge in [-0.1, -0.05) is 24.3 Å². The average Bonchev–Trinajstić information content (AvgIpc) is 3.70. The molecule has 1 unspecified atom stereocenters. The number of rotatable bonds is 6. The molecule has 2 aromatic carbocycles. The fraction of sp³-hybridized carbons (Fsp3) is 0.419. The lowest BCUT2D eigenvalue weighted by molar-refractivity contribution is -0.141. The quantitative estimate of drug-likeness (QED) is 0.257. The number of hydrogen-bond donors (Lipinski definition) is 1. The predicted octanol–water partition coefficient (Wildman–Crippen LogP) is 7.12. The lowest BCUT2D eigenvalue weighted by atomic mass is 10.0. The van der Waals surface area contributed by atoms with Crippen molar-refractivity contribution in [1.82, 2.24) is 4.98 Å². The number of pyridine rings is 1. The number of amides is 2. The number of anilines is 2. The van der Waals surface area contributed by atoms with Gasteiger partial charge in [0.05, 0.1) is 7.11 Å². The molecule has 40 heavy (non-hydrogen) atoms. The SMILES string of the molecule is COC(=O)C(Nc1ccc2c(N(C(=O)OC(C)(C)C)C(=O)OC(C)(C)C)nccc2c1)c1cccc(C2CC2)c1. The van der Waals surface area contributed by atoms with Crippen LogP contribution in [0.15, 0.2) is 54.7 Å². The summed E-state index contributed by atoms with van der Waals surface area (Å²) in [6, 6.07) is 14.4. The number of imide groups is 1. The van der Waals surface area contributed by atoms with E-state index in [9.17, 15) is 14.4 Å². The van der Waals surface area contributed by atoms with E-state index in [1.807, 2.05) is 18.2 Å². The van der Waals surface area contributed by atoms with Crippen molar-refractivity contribution < 1.29 is 28.6 Å². The van der Waals surface area contributed by atoms with Crippen molar-refractivity contribution in [3.8, 4) is 0 Å². The summed E-state index contributed by atoms with van der Waals surface area (Å²) < 4.78 is 16.1. The summed E-state index contributed by atoms with van der Waals surface area (Å²) in [5.74, 6) is 0.210. The Balaban J connectivity index is 1.70. The van der Waals surface area contributed by atoms with Gasteiger partial charge in [-0.2, -0.15) is 4.90 Å². The Hall–Kier alpha value is -4.14. The van der Waals surface area contributed by atoms with Gasteiger partial charge in [0, 0.05) is 17.3 Å². The average molecular weight is 548 g/mol. The minimum absolute atomic E-state index is 0.0780. The number of methoxy groups -OCH3 is 1. The molecule has 4 rings (SSSR count). The maximum atomic E-state index is 13.2. The van der Waals surface area contributed by atoms with Crippen LogP contribution in [-0.2, 0) is 19.0 Å². The highest BCUT2D eigenvalue weighted by Crippen LogP contribution is 2.41. The van der Waals surface area contributed by atoms with Gasteiger partial charge in [-0.05, 0) is 101 Å². The first-order chi connectivity index (χ1) is 18.8. The van der Waals surface area contributed by atoms with Crippen LogP contribution in [0.1, 0.15) is 77.5 Å². The van der Waals surface area contributed by atoms with Crippen molar-refractivity contribution in [1.29, 1.82) is 0 Å². The second-order valence-electron chi connectivity index (χ2n) is 11.9. The molecule has 1 fully saturated rings. The van der Waals surface area contributed by atoms with Gasteiger partial charge < -0.3 is 19.5 Å². The smallest absolute Gasteiger partial charge is 0.425 e. The van der Waals surface area contributed by atoms with Crippen molar-refractivity contribution >= 4 is 40.4 Å². The monoisotopic (exact) mass is 547 g/mol. The third-order valence-electron chi connectivity index (χ3n) is 6.15. The van der Waals surface area contributed by atoms with Gasteiger partial charge in [0.25, 0.3) is 0 Å². The Bertz CT molecular complexity index is 1390. The summed E-state index contributed by atoms with van der Waals surface area (Å²) in [4.78, 5) is 44.3. The molecule has 0 radical (unpaired) electrons. The molecule has 1 saturated carbocycles. The lowest BCUT2D eigenvalue weighted by Gasteiger charge is -2.28. The lowest BCUT2D eigenvalue weighted by Crippen LogP contribution is -2.44. The molecule has 0 aliphatic heterocycles. The topological polar surface area (TPSA) is 107 Å². The van der Waals surface area contributed by atoms with E-state index >= 15 is 0 Å². The van der Waals surface area contributed by atoms with Crippen LogP contribution in [0.3, 0.4) is 0 Å². The number of nitrogens with zero attached hydrogens (tertiary/aromatic N) is 2. The third-order valence-corrected chi connectivity index (χ3v) is 6.15. The number of fused-ring (bicyclic) bond motifs is 1. The molecule has 1 aliphatic rings. The number of carbonyl (C=O) groups is 3. The van der Waals surface area contributed by atoms with Crippen molar-refractivity contribution in [2.24, 2.45) is 0 Å². The van der Waals surface area contributed by atoms with Gasteiger partial charge in [-0.3, -0.25) is 0 Å². The van der Waals surface area contributed by atoms with Gasteiger partial charge >= 0.3 is 18.2 Å². The normalized spacial score (nSPS) is 14.3. The largest absolute Gasteiger partial charge is 0.467 e. The summed E-state index contributed by atoms with van der Waals surface area (Å²) in [5.41, 5.74) is 0.981. The van der Waals surface area contributed by atoms with E-state index in [1.54, 1.807) is 59.7 Å². The fourth-order valence-electron chi connectivity index (χ4n) is 4.26. The van der Waals surface area contributed by atoms with Gasteiger partial charge in [0.2, 0.25) is 0 Å². The van der Waals surface area contributed by atoms with E-state index in [0.29, 0.717) is 22.4 Å². The van der Waals surface area contributed by atoms with Crippen LogP contribution in [0.2, 0.25) is 0 Å². The molecular weight excluding hydrogens is 510 g/mol. The van der Waals surface area contributed by atoms with E-state index in [2.05, 4.69) is 22.4 Å². The molecule has 1 aromatic heterocycles. The molecule has 212 valence electrons. The molecule has 9 heteroatoms.